The topological polar surface area (TPSA) is 81.6 Å². The molecule has 0 bridgehead atoms. The van der Waals surface area contributed by atoms with Crippen LogP contribution in [-0.4, -0.2) is 17.7 Å². The summed E-state index contributed by atoms with van der Waals surface area (Å²) in [4.78, 5) is 24.9. The molecule has 2 aromatic carbocycles. The number of nitrogens with one attached hydrogen (secondary N) is 1. The lowest BCUT2D eigenvalue weighted by molar-refractivity contribution is -0.711. The number of rotatable bonds is 4. The molecule has 0 spiro atoms. The Hall–Kier alpha value is -4.02. The number of imide groups is 1. The molecule has 1 N–H and O–H groups in total. The molecule has 1 aromatic heterocycles. The van der Waals surface area contributed by atoms with Crippen molar-refractivity contribution in [3.63, 3.8) is 0 Å². The Morgan fingerprint density at radius 3 is 2.14 bits per heavy atom. The molecule has 6 nitrogen and oxygen atoms in total. The van der Waals surface area contributed by atoms with Crippen molar-refractivity contribution in [3.05, 3.63) is 102 Å². The highest BCUT2D eigenvalue weighted by molar-refractivity contribution is 6.14. The molecular weight excluding hydrogens is 366 g/mol. The van der Waals surface area contributed by atoms with Crippen LogP contribution in [0.25, 0.3) is 5.41 Å². The number of carbonyl (C=O) groups is 2. The first-order valence-electron chi connectivity index (χ1n) is 9.08. The van der Waals surface area contributed by atoms with Gasteiger partial charge in [-0.15, -0.1) is 0 Å². The van der Waals surface area contributed by atoms with Crippen LogP contribution >= 0.6 is 0 Å². The Balaban J connectivity index is 1.71. The molecule has 0 unspecified atom stereocenters. The van der Waals surface area contributed by atoms with Gasteiger partial charge in [-0.25, -0.2) is 0 Å². The minimum absolute atomic E-state index is 0.00248. The van der Waals surface area contributed by atoms with Gasteiger partial charge in [-0.1, -0.05) is 36.4 Å². The molecule has 1 aliphatic heterocycles. The fourth-order valence-electron chi connectivity index (χ4n) is 3.45. The number of para-hydroxylation sites is 1. The fourth-order valence-corrected chi connectivity index (χ4v) is 3.45. The lowest BCUT2D eigenvalue weighted by Gasteiger charge is -2.28. The van der Waals surface area contributed by atoms with E-state index in [1.807, 2.05) is 42.3 Å². The van der Waals surface area contributed by atoms with E-state index in [9.17, 15) is 15.0 Å². The zero-order chi connectivity index (χ0) is 20.2. The zero-order valence-electron chi connectivity index (χ0n) is 15.4. The fraction of sp³-hybridized carbons (Fsp3) is 0.0870. The lowest BCUT2D eigenvalue weighted by atomic mass is 9.81. The molecule has 1 saturated heterocycles. The maximum atomic E-state index is 12.7. The number of benzene rings is 2. The van der Waals surface area contributed by atoms with Gasteiger partial charge < -0.3 is 10.1 Å². The molecule has 142 valence electrons. The van der Waals surface area contributed by atoms with Gasteiger partial charge in [0.05, 0.1) is 11.5 Å². The van der Waals surface area contributed by atoms with Gasteiger partial charge in [0.25, 0.3) is 11.8 Å². The van der Waals surface area contributed by atoms with Gasteiger partial charge >= 0.3 is 0 Å². The third-order valence-electron chi connectivity index (χ3n) is 4.78. The van der Waals surface area contributed by atoms with Crippen LogP contribution in [0.2, 0.25) is 0 Å². The van der Waals surface area contributed by atoms with Crippen molar-refractivity contribution in [2.75, 3.05) is 0 Å². The average Bonchev–Trinajstić information content (AvgIpc) is 2.75. The van der Waals surface area contributed by atoms with E-state index in [2.05, 4.69) is 5.32 Å². The number of pyridine rings is 1. The van der Waals surface area contributed by atoms with Crippen molar-refractivity contribution in [3.8, 4) is 11.5 Å². The van der Waals surface area contributed by atoms with E-state index in [4.69, 9.17) is 4.74 Å². The second-order valence-corrected chi connectivity index (χ2v) is 6.57. The molecule has 1 fully saturated rings. The molecule has 2 heterocycles. The summed E-state index contributed by atoms with van der Waals surface area (Å²) in [7, 11) is 0. The minimum atomic E-state index is -0.746. The van der Waals surface area contributed by atoms with Crippen molar-refractivity contribution in [2.45, 2.75) is 12.0 Å². The number of nitrogens with zero attached hydrogens (tertiary/aromatic N) is 2. The summed E-state index contributed by atoms with van der Waals surface area (Å²) >= 11 is 0. The summed E-state index contributed by atoms with van der Waals surface area (Å²) in [5.74, 6) is 1.51. The molecule has 1 aliphatic rings. The number of ether oxygens (including phenoxy) is 1. The lowest BCUT2D eigenvalue weighted by Crippen LogP contribution is -2.57. The molecule has 0 radical (unpaired) electrons. The normalized spacial score (nSPS) is 18.7. The standard InChI is InChI=1S/C23H17N3O3/c24-15-19-20(21(23(28)25-22(19)27)26-13-5-2-6-14-26)16-9-11-18(12-10-16)29-17-7-3-1-4-8-17/h1-14,20-21H,(H,25,27,28)/t20-,21+/m0/s1. The van der Waals surface area contributed by atoms with Gasteiger partial charge in [0, 0.05) is 12.1 Å². The highest BCUT2D eigenvalue weighted by Crippen LogP contribution is 2.35. The van der Waals surface area contributed by atoms with Crippen LogP contribution in [0.1, 0.15) is 17.5 Å². The van der Waals surface area contributed by atoms with Gasteiger partial charge in [0.15, 0.2) is 12.4 Å². The highest BCUT2D eigenvalue weighted by atomic mass is 16.5. The van der Waals surface area contributed by atoms with E-state index < -0.39 is 23.8 Å². The SMILES string of the molecule is [N-]=C=C1C(=O)NC(=O)[C@H]([n+]2ccccc2)[C@H]1c1ccc(Oc2ccccc2)cc1. The molecule has 0 aliphatic carbocycles. The Kier molecular flexibility index (Phi) is 5.01. The van der Waals surface area contributed by atoms with E-state index in [1.54, 1.807) is 53.4 Å². The van der Waals surface area contributed by atoms with Crippen LogP contribution in [0.5, 0.6) is 11.5 Å². The first kappa shape index (κ1) is 18.3. The number of carbonyl (C=O) groups excluding carboxylic acids is 2. The summed E-state index contributed by atoms with van der Waals surface area (Å²) < 4.78 is 7.51. The van der Waals surface area contributed by atoms with E-state index >= 15 is 0 Å². The first-order valence-corrected chi connectivity index (χ1v) is 9.08. The number of aromatic nitrogens is 1. The first-order chi connectivity index (χ1) is 14.2. The molecule has 0 saturated carbocycles. The van der Waals surface area contributed by atoms with E-state index in [0.29, 0.717) is 17.1 Å². The van der Waals surface area contributed by atoms with Crippen LogP contribution < -0.4 is 14.6 Å². The number of amides is 2. The molecule has 3 aromatic rings. The second-order valence-electron chi connectivity index (χ2n) is 6.57. The second kappa shape index (κ2) is 7.92. The number of piperidine rings is 1. The average molecular weight is 383 g/mol. The largest absolute Gasteiger partial charge is 0.763 e. The van der Waals surface area contributed by atoms with E-state index in [-0.39, 0.29) is 5.57 Å². The summed E-state index contributed by atoms with van der Waals surface area (Å²) in [6.07, 6.45) is 3.49. The summed E-state index contributed by atoms with van der Waals surface area (Å²) in [5, 5.41) is 11.9. The summed E-state index contributed by atoms with van der Waals surface area (Å²) in [6, 6.07) is 21.1. The molecule has 2 atom stereocenters. The predicted octanol–water partition coefficient (Wildman–Crippen LogP) is 2.91. The third-order valence-corrected chi connectivity index (χ3v) is 4.78. The quantitative estimate of drug-likeness (QED) is 0.326. The van der Waals surface area contributed by atoms with Crippen LogP contribution in [0, 0.1) is 0 Å². The molecular formula is C23H17N3O3. The van der Waals surface area contributed by atoms with Crippen molar-refractivity contribution >= 4 is 17.7 Å². The maximum Gasteiger partial charge on any atom is 0.296 e. The van der Waals surface area contributed by atoms with Gasteiger partial charge in [0.1, 0.15) is 11.5 Å². The number of hydrogen-bond donors (Lipinski definition) is 1. The Labute approximate surface area is 167 Å². The Morgan fingerprint density at radius 1 is 0.862 bits per heavy atom. The highest BCUT2D eigenvalue weighted by Gasteiger charge is 2.46. The van der Waals surface area contributed by atoms with Gasteiger partial charge in [0.2, 0.25) is 6.04 Å². The molecule has 29 heavy (non-hydrogen) atoms. The van der Waals surface area contributed by atoms with Crippen LogP contribution in [0.15, 0.2) is 90.8 Å². The van der Waals surface area contributed by atoms with Crippen LogP contribution in [-0.2, 0) is 9.59 Å². The van der Waals surface area contributed by atoms with Gasteiger partial charge in [-0.3, -0.25) is 20.8 Å². The van der Waals surface area contributed by atoms with E-state index in [1.165, 1.54) is 0 Å². The van der Waals surface area contributed by atoms with Gasteiger partial charge in [-0.2, -0.15) is 4.57 Å². The van der Waals surface area contributed by atoms with Crippen LogP contribution in [0.3, 0.4) is 0 Å². The molecule has 6 heteroatoms. The van der Waals surface area contributed by atoms with Crippen molar-refractivity contribution < 1.29 is 18.9 Å². The zero-order valence-corrected chi connectivity index (χ0v) is 15.4. The van der Waals surface area contributed by atoms with Crippen molar-refractivity contribution in [2.24, 2.45) is 0 Å². The maximum absolute atomic E-state index is 12.7. The molecule has 4 rings (SSSR count). The van der Waals surface area contributed by atoms with Crippen molar-refractivity contribution in [1.29, 1.82) is 0 Å². The third kappa shape index (κ3) is 3.70. The van der Waals surface area contributed by atoms with Gasteiger partial charge in [-0.05, 0) is 29.8 Å². The minimum Gasteiger partial charge on any atom is -0.763 e. The summed E-state index contributed by atoms with van der Waals surface area (Å²) in [5.41, 5.74) is 0.689. The summed E-state index contributed by atoms with van der Waals surface area (Å²) in [6.45, 7) is 0. The van der Waals surface area contributed by atoms with Crippen LogP contribution in [0.4, 0.5) is 0 Å². The smallest absolute Gasteiger partial charge is 0.296 e. The number of hydrogen-bond acceptors (Lipinski definition) is 3. The van der Waals surface area contributed by atoms with Crippen molar-refractivity contribution in [1.82, 2.24) is 5.32 Å². The molecule has 2 amide bonds. The van der Waals surface area contributed by atoms with E-state index in [0.717, 1.165) is 0 Å². The Morgan fingerprint density at radius 2 is 1.48 bits per heavy atom. The monoisotopic (exact) mass is 383 g/mol. The predicted molar refractivity (Wildman–Crippen MR) is 106 cm³/mol. The Bertz CT molecular complexity index is 1090.